The van der Waals surface area contributed by atoms with E-state index in [-0.39, 0.29) is 0 Å². The third-order valence-corrected chi connectivity index (χ3v) is 6.22. The summed E-state index contributed by atoms with van der Waals surface area (Å²) in [4.78, 5) is 25.9. The number of carbonyl (C=O) groups excluding carboxylic acids is 2. The first-order chi connectivity index (χ1) is 17.7. The summed E-state index contributed by atoms with van der Waals surface area (Å²) in [6.45, 7) is 0. The van der Waals surface area contributed by atoms with Crippen molar-refractivity contribution in [3.8, 4) is 11.5 Å². The quantitative estimate of drug-likeness (QED) is 0.198. The highest BCUT2D eigenvalue weighted by Crippen LogP contribution is 2.28. The van der Waals surface area contributed by atoms with Gasteiger partial charge >= 0.3 is 11.9 Å². The molecule has 0 spiro atoms. The number of ether oxygens (including phenoxy) is 2. The molecule has 0 aromatic heterocycles. The van der Waals surface area contributed by atoms with Crippen molar-refractivity contribution in [2.75, 3.05) is 0 Å². The minimum Gasteiger partial charge on any atom is -0.423 e. The van der Waals surface area contributed by atoms with E-state index >= 15 is 0 Å². The normalized spacial score (nSPS) is 11.0. The number of hydrogen-bond acceptors (Lipinski definition) is 4. The second kappa shape index (κ2) is 9.01. The van der Waals surface area contributed by atoms with E-state index in [1.165, 1.54) is 0 Å². The molecule has 0 bridgehead atoms. The van der Waals surface area contributed by atoms with E-state index in [2.05, 4.69) is 0 Å². The number of rotatable bonds is 4. The van der Waals surface area contributed by atoms with Gasteiger partial charge in [0.05, 0.1) is 11.1 Å². The van der Waals surface area contributed by atoms with Gasteiger partial charge in [0.25, 0.3) is 0 Å². The number of hydrogen-bond donors (Lipinski definition) is 0. The second-order valence-electron chi connectivity index (χ2n) is 8.50. The van der Waals surface area contributed by atoms with E-state index in [0.717, 1.165) is 32.3 Å². The Hall–Kier alpha value is -4.96. The van der Waals surface area contributed by atoms with Crippen LogP contribution in [-0.4, -0.2) is 11.9 Å². The van der Waals surface area contributed by atoms with Crippen LogP contribution < -0.4 is 9.47 Å². The van der Waals surface area contributed by atoms with Gasteiger partial charge in [0.2, 0.25) is 0 Å². The summed E-state index contributed by atoms with van der Waals surface area (Å²) in [6, 6.07) is 37.3. The number of fused-ring (bicyclic) bond motifs is 3. The van der Waals surface area contributed by atoms with Crippen LogP contribution in [0.2, 0.25) is 0 Å². The van der Waals surface area contributed by atoms with Crippen LogP contribution >= 0.6 is 0 Å². The molecular formula is C32H20O4. The number of esters is 2. The van der Waals surface area contributed by atoms with Crippen molar-refractivity contribution in [1.29, 1.82) is 0 Å². The number of benzene rings is 6. The maximum Gasteiger partial charge on any atom is 0.344 e. The zero-order valence-electron chi connectivity index (χ0n) is 19.2. The Morgan fingerprint density at radius 2 is 0.861 bits per heavy atom. The van der Waals surface area contributed by atoms with Gasteiger partial charge in [-0.1, -0.05) is 84.9 Å². The zero-order chi connectivity index (χ0) is 24.5. The smallest absolute Gasteiger partial charge is 0.344 e. The molecule has 0 amide bonds. The summed E-state index contributed by atoms with van der Waals surface area (Å²) >= 11 is 0. The van der Waals surface area contributed by atoms with E-state index < -0.39 is 11.9 Å². The first-order valence-electron chi connectivity index (χ1n) is 11.6. The third kappa shape index (κ3) is 4.05. The highest BCUT2D eigenvalue weighted by Gasteiger charge is 2.14. The molecule has 6 aromatic rings. The highest BCUT2D eigenvalue weighted by atomic mass is 16.5. The molecule has 6 rings (SSSR count). The first kappa shape index (κ1) is 21.6. The molecule has 4 heteroatoms. The summed E-state index contributed by atoms with van der Waals surface area (Å²) in [7, 11) is 0. The lowest BCUT2D eigenvalue weighted by Crippen LogP contribution is -2.09. The van der Waals surface area contributed by atoms with Crippen LogP contribution in [0.25, 0.3) is 32.3 Å². The largest absolute Gasteiger partial charge is 0.423 e. The molecule has 6 aromatic carbocycles. The van der Waals surface area contributed by atoms with Crippen molar-refractivity contribution in [3.05, 3.63) is 132 Å². The van der Waals surface area contributed by atoms with Crippen molar-refractivity contribution in [3.63, 3.8) is 0 Å². The second-order valence-corrected chi connectivity index (χ2v) is 8.50. The lowest BCUT2D eigenvalue weighted by Gasteiger charge is -2.10. The Morgan fingerprint density at radius 1 is 0.417 bits per heavy atom. The Balaban J connectivity index is 1.27. The predicted octanol–water partition coefficient (Wildman–Crippen LogP) is 7.58. The summed E-state index contributed by atoms with van der Waals surface area (Å²) in [5.74, 6) is -0.0229. The SMILES string of the molecule is O=C(Oc1ccc2ccc(OC(=O)c3cccc4ccccc34)cc2c1)c1cccc2ccccc12. The topological polar surface area (TPSA) is 52.6 Å². The van der Waals surface area contributed by atoms with Gasteiger partial charge in [-0.2, -0.15) is 0 Å². The van der Waals surface area contributed by atoms with Crippen LogP contribution in [0, 0.1) is 0 Å². The van der Waals surface area contributed by atoms with E-state index in [1.807, 2.05) is 84.9 Å². The molecule has 0 saturated heterocycles. The molecule has 0 aliphatic heterocycles. The Bertz CT molecular complexity index is 1650. The standard InChI is InChI=1S/C32H20O4/c33-31(29-13-5-9-22-7-1-3-11-27(22)29)35-25-17-15-21-16-18-26(20-24(21)19-25)36-32(34)30-14-6-10-23-8-2-4-12-28(23)30/h1-20H. The monoisotopic (exact) mass is 468 g/mol. The van der Waals surface area contributed by atoms with Crippen LogP contribution in [-0.2, 0) is 0 Å². The fraction of sp³-hybridized carbons (Fsp3) is 0. The first-order valence-corrected chi connectivity index (χ1v) is 11.6. The van der Waals surface area contributed by atoms with Crippen molar-refractivity contribution in [2.45, 2.75) is 0 Å². The predicted molar refractivity (Wildman–Crippen MR) is 142 cm³/mol. The molecule has 0 aliphatic carbocycles. The Kier molecular flexibility index (Phi) is 5.39. The third-order valence-electron chi connectivity index (χ3n) is 6.22. The van der Waals surface area contributed by atoms with Crippen molar-refractivity contribution in [1.82, 2.24) is 0 Å². The van der Waals surface area contributed by atoms with E-state index in [9.17, 15) is 9.59 Å². The van der Waals surface area contributed by atoms with E-state index in [1.54, 1.807) is 36.4 Å². The van der Waals surface area contributed by atoms with Crippen LogP contribution in [0.15, 0.2) is 121 Å². The minimum atomic E-state index is -0.426. The summed E-state index contributed by atoms with van der Waals surface area (Å²) in [6.07, 6.45) is 0. The lowest BCUT2D eigenvalue weighted by atomic mass is 10.0. The summed E-state index contributed by atoms with van der Waals surface area (Å²) in [5.41, 5.74) is 1.01. The molecule has 0 saturated carbocycles. The maximum absolute atomic E-state index is 12.9. The fourth-order valence-corrected chi connectivity index (χ4v) is 4.46. The van der Waals surface area contributed by atoms with Crippen LogP contribution in [0.1, 0.15) is 20.7 Å². The summed E-state index contributed by atoms with van der Waals surface area (Å²) in [5, 5.41) is 5.36. The minimum absolute atomic E-state index is 0.415. The zero-order valence-corrected chi connectivity index (χ0v) is 19.2. The number of carbonyl (C=O) groups is 2. The van der Waals surface area contributed by atoms with Crippen molar-refractivity contribution < 1.29 is 19.1 Å². The molecule has 0 N–H and O–H groups in total. The van der Waals surface area contributed by atoms with Gasteiger partial charge in [-0.25, -0.2) is 9.59 Å². The van der Waals surface area contributed by atoms with Gasteiger partial charge in [0.15, 0.2) is 0 Å². The van der Waals surface area contributed by atoms with E-state index in [4.69, 9.17) is 9.47 Å². The molecule has 172 valence electrons. The fourth-order valence-electron chi connectivity index (χ4n) is 4.46. The molecule has 4 nitrogen and oxygen atoms in total. The molecule has 0 fully saturated rings. The molecule has 0 unspecified atom stereocenters. The Morgan fingerprint density at radius 3 is 1.36 bits per heavy atom. The molecular weight excluding hydrogens is 448 g/mol. The van der Waals surface area contributed by atoms with Crippen molar-refractivity contribution in [2.24, 2.45) is 0 Å². The Labute approximate surface area is 207 Å². The van der Waals surface area contributed by atoms with Crippen molar-refractivity contribution >= 4 is 44.3 Å². The van der Waals surface area contributed by atoms with Crippen LogP contribution in [0.5, 0.6) is 11.5 Å². The van der Waals surface area contributed by atoms with Gasteiger partial charge in [0, 0.05) is 0 Å². The lowest BCUT2D eigenvalue weighted by molar-refractivity contribution is 0.0728. The molecule has 0 atom stereocenters. The van der Waals surface area contributed by atoms with Gasteiger partial charge in [-0.15, -0.1) is 0 Å². The maximum atomic E-state index is 12.9. The van der Waals surface area contributed by atoms with Gasteiger partial charge in [-0.3, -0.25) is 0 Å². The summed E-state index contributed by atoms with van der Waals surface area (Å²) < 4.78 is 11.4. The highest BCUT2D eigenvalue weighted by molar-refractivity contribution is 6.06. The van der Waals surface area contributed by atoms with Crippen LogP contribution in [0.3, 0.4) is 0 Å². The molecule has 36 heavy (non-hydrogen) atoms. The molecule has 0 aliphatic rings. The molecule has 0 radical (unpaired) electrons. The van der Waals surface area contributed by atoms with Gasteiger partial charge in [-0.05, 0) is 68.7 Å². The van der Waals surface area contributed by atoms with E-state index in [0.29, 0.717) is 22.6 Å². The average molecular weight is 469 g/mol. The van der Waals surface area contributed by atoms with Gasteiger partial charge < -0.3 is 9.47 Å². The van der Waals surface area contributed by atoms with Crippen LogP contribution in [0.4, 0.5) is 0 Å². The van der Waals surface area contributed by atoms with Gasteiger partial charge in [0.1, 0.15) is 11.5 Å². The average Bonchev–Trinajstić information content (AvgIpc) is 2.92. The molecule has 0 heterocycles.